The Balaban J connectivity index is 1.59. The first-order chi connectivity index (χ1) is 15.7. The molecular weight excluding hydrogens is 424 g/mol. The van der Waals surface area contributed by atoms with Crippen molar-refractivity contribution in [3.8, 4) is 11.3 Å². The van der Waals surface area contributed by atoms with Crippen molar-refractivity contribution in [3.63, 3.8) is 0 Å². The number of ether oxygens (including phenoxy) is 1. The SMILES string of the molecule is O=C(c1ccccc1)n1cc(N2CCOCC2)c(-c2cccn(Cc3cccs3)c2=O)n1. The van der Waals surface area contributed by atoms with Gasteiger partial charge in [-0.1, -0.05) is 24.3 Å². The van der Waals surface area contributed by atoms with Crippen LogP contribution in [0.3, 0.4) is 0 Å². The molecule has 0 unspecified atom stereocenters. The largest absolute Gasteiger partial charge is 0.378 e. The first-order valence-corrected chi connectivity index (χ1v) is 11.3. The van der Waals surface area contributed by atoms with E-state index < -0.39 is 0 Å². The van der Waals surface area contributed by atoms with Crippen LogP contribution in [-0.2, 0) is 11.3 Å². The fourth-order valence-electron chi connectivity index (χ4n) is 3.82. The minimum Gasteiger partial charge on any atom is -0.378 e. The summed E-state index contributed by atoms with van der Waals surface area (Å²) < 4.78 is 8.51. The maximum absolute atomic E-state index is 13.4. The van der Waals surface area contributed by atoms with Gasteiger partial charge in [-0.15, -0.1) is 11.3 Å². The zero-order chi connectivity index (χ0) is 21.9. The van der Waals surface area contributed by atoms with E-state index >= 15 is 0 Å². The third-order valence-electron chi connectivity index (χ3n) is 5.46. The molecular formula is C24H22N4O3S. The summed E-state index contributed by atoms with van der Waals surface area (Å²) in [6.45, 7) is 3.03. The number of benzene rings is 1. The third kappa shape index (κ3) is 4.02. The summed E-state index contributed by atoms with van der Waals surface area (Å²) in [5.74, 6) is -0.235. The van der Waals surface area contributed by atoms with Crippen molar-refractivity contribution in [2.75, 3.05) is 31.2 Å². The Bertz CT molecular complexity index is 1270. The van der Waals surface area contributed by atoms with E-state index in [1.165, 1.54) is 4.68 Å². The number of hydrogen-bond donors (Lipinski definition) is 0. The standard InChI is InChI=1S/C24H22N4O3S/c29-23(18-6-2-1-3-7-18)28-17-21(26-11-13-31-14-12-26)22(25-28)20-9-4-10-27(24(20)30)16-19-8-5-15-32-19/h1-10,15,17H,11-14,16H2. The predicted octanol–water partition coefficient (Wildman–Crippen LogP) is 3.35. The molecule has 1 aliphatic heterocycles. The first-order valence-electron chi connectivity index (χ1n) is 10.4. The highest BCUT2D eigenvalue weighted by Gasteiger charge is 2.24. The highest BCUT2D eigenvalue weighted by atomic mass is 32.1. The number of nitrogens with zero attached hydrogens (tertiary/aromatic N) is 4. The molecule has 0 spiro atoms. The van der Waals surface area contributed by atoms with E-state index in [1.807, 2.05) is 41.8 Å². The minimum absolute atomic E-state index is 0.132. The zero-order valence-corrected chi connectivity index (χ0v) is 18.2. The van der Waals surface area contributed by atoms with Crippen molar-refractivity contribution in [3.05, 3.63) is 93.2 Å². The molecule has 5 rings (SSSR count). The van der Waals surface area contributed by atoms with Crippen molar-refractivity contribution in [1.29, 1.82) is 0 Å². The van der Waals surface area contributed by atoms with Crippen LogP contribution in [-0.4, -0.2) is 46.6 Å². The molecule has 1 aromatic carbocycles. The number of morpholine rings is 1. The molecule has 1 fully saturated rings. The quantitative estimate of drug-likeness (QED) is 0.470. The van der Waals surface area contributed by atoms with Crippen LogP contribution in [0, 0.1) is 0 Å². The van der Waals surface area contributed by atoms with Crippen LogP contribution in [0.15, 0.2) is 77.2 Å². The zero-order valence-electron chi connectivity index (χ0n) is 17.4. The van der Waals surface area contributed by atoms with Crippen molar-refractivity contribution in [2.24, 2.45) is 0 Å². The van der Waals surface area contributed by atoms with E-state index in [1.54, 1.807) is 46.5 Å². The molecule has 8 heteroatoms. The lowest BCUT2D eigenvalue weighted by molar-refractivity contribution is 0.0945. The van der Waals surface area contributed by atoms with Gasteiger partial charge in [0, 0.05) is 29.7 Å². The summed E-state index contributed by atoms with van der Waals surface area (Å²) in [6, 6.07) is 16.6. The second kappa shape index (κ2) is 8.94. The van der Waals surface area contributed by atoms with E-state index in [2.05, 4.69) is 10.00 Å². The summed E-state index contributed by atoms with van der Waals surface area (Å²) in [4.78, 5) is 29.7. The number of hydrogen-bond acceptors (Lipinski definition) is 6. The van der Waals surface area contributed by atoms with Crippen molar-refractivity contribution in [1.82, 2.24) is 14.3 Å². The number of anilines is 1. The van der Waals surface area contributed by atoms with Gasteiger partial charge in [-0.25, -0.2) is 4.68 Å². The molecule has 0 radical (unpaired) electrons. The van der Waals surface area contributed by atoms with Crippen LogP contribution in [0.2, 0.25) is 0 Å². The van der Waals surface area contributed by atoms with E-state index in [4.69, 9.17) is 4.74 Å². The smallest absolute Gasteiger partial charge is 0.278 e. The Labute approximate surface area is 189 Å². The number of carbonyl (C=O) groups is 1. The van der Waals surface area contributed by atoms with Gasteiger partial charge in [-0.2, -0.15) is 5.10 Å². The van der Waals surface area contributed by atoms with Crippen LogP contribution in [0.4, 0.5) is 5.69 Å². The molecule has 0 N–H and O–H groups in total. The van der Waals surface area contributed by atoms with Gasteiger partial charge in [-0.3, -0.25) is 9.59 Å². The number of thiophene rings is 1. The van der Waals surface area contributed by atoms with E-state index in [0.29, 0.717) is 49.7 Å². The topological polar surface area (TPSA) is 69.4 Å². The fraction of sp³-hybridized carbons (Fsp3) is 0.208. The van der Waals surface area contributed by atoms with E-state index in [9.17, 15) is 9.59 Å². The Morgan fingerprint density at radius 2 is 1.84 bits per heavy atom. The first kappa shape index (κ1) is 20.4. The molecule has 3 aromatic heterocycles. The normalized spacial score (nSPS) is 13.9. The molecule has 7 nitrogen and oxygen atoms in total. The van der Waals surface area contributed by atoms with Crippen LogP contribution in [0.25, 0.3) is 11.3 Å². The molecule has 32 heavy (non-hydrogen) atoms. The van der Waals surface area contributed by atoms with Gasteiger partial charge >= 0.3 is 0 Å². The number of aromatic nitrogens is 3. The molecule has 1 aliphatic rings. The Hall–Kier alpha value is -3.49. The summed E-state index contributed by atoms with van der Waals surface area (Å²) in [5, 5.41) is 6.60. The van der Waals surface area contributed by atoms with Crippen molar-refractivity contribution in [2.45, 2.75) is 6.54 Å². The van der Waals surface area contributed by atoms with Gasteiger partial charge < -0.3 is 14.2 Å². The number of rotatable bonds is 5. The number of pyridine rings is 1. The lowest BCUT2D eigenvalue weighted by Crippen LogP contribution is -2.36. The van der Waals surface area contributed by atoms with Gasteiger partial charge in [0.2, 0.25) is 0 Å². The summed E-state index contributed by atoms with van der Waals surface area (Å²) >= 11 is 1.61. The molecule has 4 aromatic rings. The van der Waals surface area contributed by atoms with Gasteiger partial charge in [0.05, 0.1) is 37.2 Å². The van der Waals surface area contributed by atoms with Crippen LogP contribution in [0.5, 0.6) is 0 Å². The molecule has 0 aliphatic carbocycles. The third-order valence-corrected chi connectivity index (χ3v) is 6.32. The lowest BCUT2D eigenvalue weighted by Gasteiger charge is -2.28. The molecule has 0 bridgehead atoms. The van der Waals surface area contributed by atoms with Gasteiger partial charge in [0.25, 0.3) is 11.5 Å². The van der Waals surface area contributed by atoms with Crippen molar-refractivity contribution >= 4 is 22.9 Å². The van der Waals surface area contributed by atoms with Crippen LogP contribution >= 0.6 is 11.3 Å². The molecule has 0 saturated carbocycles. The Morgan fingerprint density at radius 3 is 2.59 bits per heavy atom. The van der Waals surface area contributed by atoms with E-state index in [0.717, 1.165) is 10.6 Å². The minimum atomic E-state index is -0.235. The fourth-order valence-corrected chi connectivity index (χ4v) is 4.52. The van der Waals surface area contributed by atoms with Crippen LogP contribution < -0.4 is 10.5 Å². The Morgan fingerprint density at radius 1 is 1.03 bits per heavy atom. The Kier molecular flexibility index (Phi) is 5.70. The lowest BCUT2D eigenvalue weighted by atomic mass is 10.1. The predicted molar refractivity (Wildman–Crippen MR) is 125 cm³/mol. The second-order valence-corrected chi connectivity index (χ2v) is 8.54. The number of carbonyl (C=O) groups excluding carboxylic acids is 1. The molecule has 1 saturated heterocycles. The molecule has 162 valence electrons. The highest BCUT2D eigenvalue weighted by molar-refractivity contribution is 7.09. The van der Waals surface area contributed by atoms with Gasteiger partial charge in [0.15, 0.2) is 0 Å². The summed E-state index contributed by atoms with van der Waals surface area (Å²) in [6.07, 6.45) is 3.51. The average molecular weight is 447 g/mol. The monoisotopic (exact) mass is 446 g/mol. The maximum Gasteiger partial charge on any atom is 0.278 e. The molecule has 4 heterocycles. The molecule has 0 amide bonds. The average Bonchev–Trinajstić information content (AvgIpc) is 3.51. The maximum atomic E-state index is 13.4. The van der Waals surface area contributed by atoms with Crippen LogP contribution in [0.1, 0.15) is 15.2 Å². The van der Waals surface area contributed by atoms with Gasteiger partial charge in [-0.05, 0) is 35.7 Å². The van der Waals surface area contributed by atoms with Gasteiger partial charge in [0.1, 0.15) is 5.69 Å². The van der Waals surface area contributed by atoms with E-state index in [-0.39, 0.29) is 11.5 Å². The summed E-state index contributed by atoms with van der Waals surface area (Å²) in [7, 11) is 0. The second-order valence-electron chi connectivity index (χ2n) is 7.51. The van der Waals surface area contributed by atoms with Crippen molar-refractivity contribution < 1.29 is 9.53 Å². The highest BCUT2D eigenvalue weighted by Crippen LogP contribution is 2.29. The summed E-state index contributed by atoms with van der Waals surface area (Å²) in [5.41, 5.74) is 2.17. The molecule has 0 atom stereocenters.